The lowest BCUT2D eigenvalue weighted by atomic mass is 9.74. The monoisotopic (exact) mass is 164 g/mol. The molecule has 0 bridgehead atoms. The van der Waals surface area contributed by atoms with E-state index in [1.54, 1.807) is 5.57 Å². The number of hydrogen-bond acceptors (Lipinski definition) is 0. The average molecular weight is 164 g/mol. The number of rotatable bonds is 0. The third kappa shape index (κ3) is 1.22. The van der Waals surface area contributed by atoms with Crippen molar-refractivity contribution < 1.29 is 0 Å². The molecule has 4 atom stereocenters. The predicted octanol–water partition coefficient (Wildman–Crippen LogP) is 3.63. The molecular weight excluding hydrogens is 144 g/mol. The maximum atomic E-state index is 4.22. The van der Waals surface area contributed by atoms with E-state index in [4.69, 9.17) is 0 Å². The summed E-state index contributed by atoms with van der Waals surface area (Å²) in [7, 11) is 0. The quantitative estimate of drug-likeness (QED) is 0.479. The minimum atomic E-state index is 0.892. The van der Waals surface area contributed by atoms with Gasteiger partial charge in [-0.1, -0.05) is 32.4 Å². The van der Waals surface area contributed by atoms with Gasteiger partial charge in [-0.05, 0) is 42.9 Å². The lowest BCUT2D eigenvalue weighted by Gasteiger charge is -2.32. The molecule has 4 unspecified atom stereocenters. The van der Waals surface area contributed by atoms with Crippen LogP contribution >= 0.6 is 0 Å². The standard InChI is InChI=1S/C12H20/c1-8-4-5-11-9(2)7-10(3)12(11)6-8/h8-9,11-12H,3-7H2,1-2H3. The van der Waals surface area contributed by atoms with Gasteiger partial charge < -0.3 is 0 Å². The highest BCUT2D eigenvalue weighted by Gasteiger charge is 2.38. The first-order valence-corrected chi connectivity index (χ1v) is 5.36. The van der Waals surface area contributed by atoms with E-state index in [1.807, 2.05) is 0 Å². The van der Waals surface area contributed by atoms with Crippen LogP contribution in [0.15, 0.2) is 12.2 Å². The van der Waals surface area contributed by atoms with Crippen LogP contribution in [-0.2, 0) is 0 Å². The summed E-state index contributed by atoms with van der Waals surface area (Å²) in [6.45, 7) is 9.03. The van der Waals surface area contributed by atoms with E-state index in [9.17, 15) is 0 Å². The molecular formula is C12H20. The SMILES string of the molecule is C=C1CC(C)C2CCC(C)CC12. The van der Waals surface area contributed by atoms with E-state index < -0.39 is 0 Å². The van der Waals surface area contributed by atoms with Gasteiger partial charge in [-0.2, -0.15) is 0 Å². The molecule has 0 radical (unpaired) electrons. The van der Waals surface area contributed by atoms with Crippen molar-refractivity contribution in [3.63, 3.8) is 0 Å². The third-order valence-corrected chi connectivity index (χ3v) is 4.01. The first-order chi connectivity index (χ1) is 5.68. The Bertz CT molecular complexity index is 192. The molecule has 0 N–H and O–H groups in total. The summed E-state index contributed by atoms with van der Waals surface area (Å²) < 4.78 is 0. The van der Waals surface area contributed by atoms with E-state index in [0.717, 1.165) is 23.7 Å². The fourth-order valence-corrected chi connectivity index (χ4v) is 3.27. The van der Waals surface area contributed by atoms with E-state index >= 15 is 0 Å². The first-order valence-electron chi connectivity index (χ1n) is 5.36. The summed E-state index contributed by atoms with van der Waals surface area (Å²) in [6.07, 6.45) is 5.65. The van der Waals surface area contributed by atoms with Gasteiger partial charge in [0, 0.05) is 0 Å². The Morgan fingerprint density at radius 3 is 2.75 bits per heavy atom. The number of allylic oxidation sites excluding steroid dienone is 1. The molecule has 0 spiro atoms. The minimum absolute atomic E-state index is 0.892. The maximum Gasteiger partial charge on any atom is -0.0172 e. The Balaban J connectivity index is 2.12. The Morgan fingerprint density at radius 2 is 2.00 bits per heavy atom. The van der Waals surface area contributed by atoms with E-state index in [1.165, 1.54) is 25.7 Å². The van der Waals surface area contributed by atoms with Gasteiger partial charge in [-0.15, -0.1) is 0 Å². The third-order valence-electron chi connectivity index (χ3n) is 4.01. The van der Waals surface area contributed by atoms with Crippen LogP contribution in [0.5, 0.6) is 0 Å². The molecule has 2 saturated carbocycles. The van der Waals surface area contributed by atoms with Gasteiger partial charge in [0.05, 0.1) is 0 Å². The van der Waals surface area contributed by atoms with Crippen molar-refractivity contribution >= 4 is 0 Å². The largest absolute Gasteiger partial charge is 0.0996 e. The maximum absolute atomic E-state index is 4.22. The summed E-state index contributed by atoms with van der Waals surface area (Å²) in [4.78, 5) is 0. The average Bonchev–Trinajstić information content (AvgIpc) is 2.28. The summed E-state index contributed by atoms with van der Waals surface area (Å²) in [5.41, 5.74) is 1.55. The van der Waals surface area contributed by atoms with Crippen molar-refractivity contribution in [2.24, 2.45) is 23.7 Å². The molecule has 0 aromatic carbocycles. The summed E-state index contributed by atoms with van der Waals surface area (Å²) >= 11 is 0. The molecule has 0 nitrogen and oxygen atoms in total. The van der Waals surface area contributed by atoms with Crippen LogP contribution in [0, 0.1) is 23.7 Å². The van der Waals surface area contributed by atoms with Crippen molar-refractivity contribution in [3.8, 4) is 0 Å². The molecule has 0 aromatic heterocycles. The zero-order valence-corrected chi connectivity index (χ0v) is 8.34. The van der Waals surface area contributed by atoms with E-state index in [0.29, 0.717) is 0 Å². The summed E-state index contributed by atoms with van der Waals surface area (Å²) in [5.74, 6) is 3.76. The Hall–Kier alpha value is -0.260. The van der Waals surface area contributed by atoms with Crippen molar-refractivity contribution in [1.29, 1.82) is 0 Å². The lowest BCUT2D eigenvalue weighted by molar-refractivity contribution is 0.206. The first kappa shape index (κ1) is 8.34. The van der Waals surface area contributed by atoms with Crippen LogP contribution < -0.4 is 0 Å². The highest BCUT2D eigenvalue weighted by Crippen LogP contribution is 2.49. The highest BCUT2D eigenvalue weighted by atomic mass is 14.4. The van der Waals surface area contributed by atoms with Gasteiger partial charge in [-0.3, -0.25) is 0 Å². The molecule has 0 heterocycles. The van der Waals surface area contributed by atoms with E-state index in [-0.39, 0.29) is 0 Å². The molecule has 0 aliphatic heterocycles. The Labute approximate surface area is 76.1 Å². The second-order valence-corrected chi connectivity index (χ2v) is 5.03. The molecule has 2 aliphatic carbocycles. The molecule has 2 aliphatic rings. The second-order valence-electron chi connectivity index (χ2n) is 5.03. The van der Waals surface area contributed by atoms with Crippen LogP contribution in [0.2, 0.25) is 0 Å². The number of fused-ring (bicyclic) bond motifs is 1. The van der Waals surface area contributed by atoms with Crippen molar-refractivity contribution in [1.82, 2.24) is 0 Å². The fraction of sp³-hybridized carbons (Fsp3) is 0.833. The summed E-state index contributed by atoms with van der Waals surface area (Å²) in [6, 6.07) is 0. The molecule has 12 heavy (non-hydrogen) atoms. The smallest absolute Gasteiger partial charge is 0.0172 e. The van der Waals surface area contributed by atoms with Crippen LogP contribution in [0.3, 0.4) is 0 Å². The zero-order valence-electron chi connectivity index (χ0n) is 8.34. The molecule has 0 heteroatoms. The van der Waals surface area contributed by atoms with Crippen molar-refractivity contribution in [2.75, 3.05) is 0 Å². The van der Waals surface area contributed by atoms with Crippen molar-refractivity contribution in [3.05, 3.63) is 12.2 Å². The molecule has 2 rings (SSSR count). The van der Waals surface area contributed by atoms with Crippen LogP contribution in [0.4, 0.5) is 0 Å². The zero-order chi connectivity index (χ0) is 8.72. The summed E-state index contributed by atoms with van der Waals surface area (Å²) in [5, 5.41) is 0. The van der Waals surface area contributed by atoms with Crippen LogP contribution in [0.25, 0.3) is 0 Å². The second kappa shape index (κ2) is 2.90. The number of hydrogen-bond donors (Lipinski definition) is 0. The van der Waals surface area contributed by atoms with Crippen LogP contribution in [-0.4, -0.2) is 0 Å². The minimum Gasteiger partial charge on any atom is -0.0996 e. The molecule has 0 aromatic rings. The van der Waals surface area contributed by atoms with Gasteiger partial charge in [0.15, 0.2) is 0 Å². The molecule has 0 saturated heterocycles. The predicted molar refractivity (Wildman–Crippen MR) is 52.9 cm³/mol. The Kier molecular flexibility index (Phi) is 2.02. The van der Waals surface area contributed by atoms with Gasteiger partial charge in [0.1, 0.15) is 0 Å². The fourth-order valence-electron chi connectivity index (χ4n) is 3.27. The van der Waals surface area contributed by atoms with Crippen molar-refractivity contribution in [2.45, 2.75) is 39.5 Å². The molecule has 2 fully saturated rings. The molecule has 68 valence electrons. The van der Waals surface area contributed by atoms with Gasteiger partial charge in [0.25, 0.3) is 0 Å². The normalized spacial score (nSPS) is 47.7. The van der Waals surface area contributed by atoms with Crippen LogP contribution in [0.1, 0.15) is 39.5 Å². The lowest BCUT2D eigenvalue weighted by Crippen LogP contribution is -2.22. The molecule has 0 amide bonds. The topological polar surface area (TPSA) is 0 Å². The van der Waals surface area contributed by atoms with Gasteiger partial charge in [-0.25, -0.2) is 0 Å². The van der Waals surface area contributed by atoms with Gasteiger partial charge >= 0.3 is 0 Å². The Morgan fingerprint density at radius 1 is 1.25 bits per heavy atom. The highest BCUT2D eigenvalue weighted by molar-refractivity contribution is 5.12. The van der Waals surface area contributed by atoms with Gasteiger partial charge in [0.2, 0.25) is 0 Å². The van der Waals surface area contributed by atoms with E-state index in [2.05, 4.69) is 20.4 Å².